The van der Waals surface area contributed by atoms with Gasteiger partial charge >= 0.3 is 0 Å². The highest BCUT2D eigenvalue weighted by Gasteiger charge is 2.12. The highest BCUT2D eigenvalue weighted by Crippen LogP contribution is 2.33. The van der Waals surface area contributed by atoms with Crippen LogP contribution in [-0.2, 0) is 6.61 Å². The first-order chi connectivity index (χ1) is 16.0. The quantitative estimate of drug-likeness (QED) is 0.210. The third-order valence-corrected chi connectivity index (χ3v) is 6.16. The van der Waals surface area contributed by atoms with E-state index in [0.717, 1.165) is 9.13 Å². The molecule has 0 saturated carbocycles. The number of nitrogens with one attached hydrogen (secondary N) is 1. The van der Waals surface area contributed by atoms with Gasteiger partial charge in [-0.05, 0) is 74.9 Å². The second kappa shape index (κ2) is 11.7. The molecule has 7 nitrogen and oxygen atoms in total. The van der Waals surface area contributed by atoms with Gasteiger partial charge in [-0.2, -0.15) is 10.4 Å². The van der Waals surface area contributed by atoms with Crippen LogP contribution in [0, 0.1) is 14.9 Å². The van der Waals surface area contributed by atoms with Gasteiger partial charge in [-0.15, -0.1) is 0 Å². The van der Waals surface area contributed by atoms with E-state index in [1.165, 1.54) is 13.3 Å². The van der Waals surface area contributed by atoms with E-state index < -0.39 is 0 Å². The molecule has 3 rings (SSSR count). The average Bonchev–Trinajstić information content (AvgIpc) is 2.84. The van der Waals surface area contributed by atoms with E-state index in [-0.39, 0.29) is 12.5 Å². The Morgan fingerprint density at radius 3 is 2.61 bits per heavy atom. The Bertz CT molecular complexity index is 1240. The fourth-order valence-corrected chi connectivity index (χ4v) is 3.84. The van der Waals surface area contributed by atoms with Crippen LogP contribution in [0.5, 0.6) is 17.2 Å². The van der Waals surface area contributed by atoms with Crippen LogP contribution in [0.15, 0.2) is 64.2 Å². The Morgan fingerprint density at radius 1 is 1.12 bits per heavy atom. The van der Waals surface area contributed by atoms with Crippen LogP contribution in [0.3, 0.4) is 0 Å². The third kappa shape index (κ3) is 6.24. The smallest absolute Gasteiger partial charge is 0.271 e. The number of nitrogens with zero attached hydrogens (tertiary/aromatic N) is 2. The summed E-state index contributed by atoms with van der Waals surface area (Å²) < 4.78 is 18.2. The maximum atomic E-state index is 12.4. The Hall–Kier alpha value is -3.10. The Labute approximate surface area is 213 Å². The van der Waals surface area contributed by atoms with Crippen molar-refractivity contribution in [1.29, 1.82) is 5.26 Å². The van der Waals surface area contributed by atoms with E-state index in [9.17, 15) is 10.1 Å². The van der Waals surface area contributed by atoms with Crippen molar-refractivity contribution in [2.45, 2.75) is 6.61 Å². The summed E-state index contributed by atoms with van der Waals surface area (Å²) in [5.74, 6) is 1.25. The summed E-state index contributed by atoms with van der Waals surface area (Å²) in [6.45, 7) is 0.218. The van der Waals surface area contributed by atoms with E-state index in [1.54, 1.807) is 49.6 Å². The Morgan fingerprint density at radius 2 is 1.88 bits per heavy atom. The van der Waals surface area contributed by atoms with Crippen LogP contribution in [-0.4, -0.2) is 26.3 Å². The minimum absolute atomic E-state index is 0.218. The van der Waals surface area contributed by atoms with Crippen molar-refractivity contribution in [3.05, 3.63) is 84.9 Å². The summed E-state index contributed by atoms with van der Waals surface area (Å²) >= 11 is 5.63. The van der Waals surface area contributed by atoms with Crippen LogP contribution in [0.1, 0.15) is 27.0 Å². The summed E-state index contributed by atoms with van der Waals surface area (Å²) in [6.07, 6.45) is 1.50. The molecule has 33 heavy (non-hydrogen) atoms. The Kier molecular flexibility index (Phi) is 8.68. The highest BCUT2D eigenvalue weighted by atomic mass is 127. The molecule has 1 N–H and O–H groups in total. The van der Waals surface area contributed by atoms with E-state index in [1.807, 2.05) is 12.1 Å². The number of halogens is 2. The van der Waals surface area contributed by atoms with Crippen molar-refractivity contribution < 1.29 is 19.0 Å². The van der Waals surface area contributed by atoms with Gasteiger partial charge in [0, 0.05) is 21.2 Å². The van der Waals surface area contributed by atoms with Crippen LogP contribution in [0.4, 0.5) is 0 Å². The zero-order valence-electron chi connectivity index (χ0n) is 17.8. The molecule has 0 saturated heterocycles. The summed E-state index contributed by atoms with van der Waals surface area (Å²) in [6, 6.07) is 18.0. The number of nitriles is 1. The molecule has 0 aliphatic rings. The molecular formula is C24H19BrIN3O4. The predicted octanol–water partition coefficient (Wildman–Crippen LogP) is 5.29. The lowest BCUT2D eigenvalue weighted by atomic mass is 10.1. The molecule has 0 aliphatic carbocycles. The summed E-state index contributed by atoms with van der Waals surface area (Å²) in [4.78, 5) is 12.4. The van der Waals surface area contributed by atoms with E-state index in [0.29, 0.717) is 38.4 Å². The molecule has 3 aromatic rings. The van der Waals surface area contributed by atoms with Crippen molar-refractivity contribution in [2.24, 2.45) is 5.10 Å². The molecular weight excluding hydrogens is 601 g/mol. The lowest BCUT2D eigenvalue weighted by molar-refractivity contribution is 0.0954. The maximum absolute atomic E-state index is 12.4. The minimum atomic E-state index is -0.361. The molecule has 0 aromatic heterocycles. The number of hydrazone groups is 1. The molecule has 0 radical (unpaired) electrons. The van der Waals surface area contributed by atoms with Crippen molar-refractivity contribution in [2.75, 3.05) is 14.2 Å². The van der Waals surface area contributed by atoms with E-state index >= 15 is 0 Å². The van der Waals surface area contributed by atoms with Gasteiger partial charge in [0.2, 0.25) is 0 Å². The molecule has 168 valence electrons. The summed E-state index contributed by atoms with van der Waals surface area (Å²) in [7, 11) is 3.09. The highest BCUT2D eigenvalue weighted by molar-refractivity contribution is 14.1. The van der Waals surface area contributed by atoms with Crippen molar-refractivity contribution in [3.8, 4) is 23.3 Å². The first-order valence-electron chi connectivity index (χ1n) is 9.62. The SMILES string of the molecule is COc1cc(C(=O)N/N=C\c2cc(OC)c(OCc3ccccc3C#N)cc2Br)ccc1I. The molecule has 0 bridgehead atoms. The minimum Gasteiger partial charge on any atom is -0.496 e. The van der Waals surface area contributed by atoms with Crippen LogP contribution < -0.4 is 19.6 Å². The van der Waals surface area contributed by atoms with E-state index in [2.05, 4.69) is 55.1 Å². The first-order valence-corrected chi connectivity index (χ1v) is 11.5. The monoisotopic (exact) mass is 619 g/mol. The number of rotatable bonds is 8. The maximum Gasteiger partial charge on any atom is 0.271 e. The lowest BCUT2D eigenvalue weighted by Crippen LogP contribution is -2.17. The molecule has 0 spiro atoms. The predicted molar refractivity (Wildman–Crippen MR) is 137 cm³/mol. The molecule has 0 atom stereocenters. The number of hydrogen-bond donors (Lipinski definition) is 1. The largest absolute Gasteiger partial charge is 0.496 e. The fourth-order valence-electron chi connectivity index (χ4n) is 2.86. The normalized spacial score (nSPS) is 10.5. The van der Waals surface area contributed by atoms with Gasteiger partial charge < -0.3 is 14.2 Å². The number of hydrogen-bond acceptors (Lipinski definition) is 6. The lowest BCUT2D eigenvalue weighted by Gasteiger charge is -2.13. The van der Waals surface area contributed by atoms with Crippen molar-refractivity contribution in [1.82, 2.24) is 5.43 Å². The third-order valence-electron chi connectivity index (χ3n) is 4.59. The van der Waals surface area contributed by atoms with Crippen LogP contribution >= 0.6 is 38.5 Å². The van der Waals surface area contributed by atoms with Crippen molar-refractivity contribution in [3.63, 3.8) is 0 Å². The van der Waals surface area contributed by atoms with Crippen LogP contribution in [0.25, 0.3) is 0 Å². The standard InChI is InChI=1S/C24H19BrIN3O4/c1-31-21-9-15(7-8-20(21)26)24(30)29-28-13-18-10-22(32-2)23(11-19(18)25)33-14-17-6-4-3-5-16(17)12-27/h3-11,13H,14H2,1-2H3,(H,29,30)/b28-13-. The number of amides is 1. The number of carbonyl (C=O) groups excluding carboxylic acids is 1. The van der Waals surface area contributed by atoms with Gasteiger partial charge in [0.25, 0.3) is 5.91 Å². The first kappa shape index (κ1) is 24.5. The zero-order chi connectivity index (χ0) is 23.8. The van der Waals surface area contributed by atoms with Crippen LogP contribution in [0.2, 0.25) is 0 Å². The molecule has 1 amide bonds. The molecule has 3 aromatic carbocycles. The second-order valence-electron chi connectivity index (χ2n) is 6.63. The van der Waals surface area contributed by atoms with E-state index in [4.69, 9.17) is 14.2 Å². The zero-order valence-corrected chi connectivity index (χ0v) is 21.5. The van der Waals surface area contributed by atoms with Crippen molar-refractivity contribution >= 4 is 50.6 Å². The van der Waals surface area contributed by atoms with Gasteiger partial charge in [-0.25, -0.2) is 5.43 Å². The number of methoxy groups -OCH3 is 2. The topological polar surface area (TPSA) is 92.9 Å². The molecule has 0 fully saturated rings. The molecule has 9 heteroatoms. The van der Waals surface area contributed by atoms with Gasteiger partial charge in [0.1, 0.15) is 12.4 Å². The number of carbonyl (C=O) groups is 1. The fraction of sp³-hybridized carbons (Fsp3) is 0.125. The molecule has 0 heterocycles. The second-order valence-corrected chi connectivity index (χ2v) is 8.65. The number of benzene rings is 3. The summed E-state index contributed by atoms with van der Waals surface area (Å²) in [5, 5.41) is 13.3. The Balaban J connectivity index is 1.72. The molecule has 0 aliphatic heterocycles. The molecule has 0 unspecified atom stereocenters. The summed E-state index contributed by atoms with van der Waals surface area (Å²) in [5.41, 5.74) is 4.95. The van der Waals surface area contributed by atoms with Gasteiger partial charge in [0.15, 0.2) is 11.5 Å². The van der Waals surface area contributed by atoms with Gasteiger partial charge in [0.05, 0.1) is 35.6 Å². The number of ether oxygens (including phenoxy) is 3. The average molecular weight is 620 g/mol. The van der Waals surface area contributed by atoms with Gasteiger partial charge in [-0.3, -0.25) is 4.79 Å². The van der Waals surface area contributed by atoms with Gasteiger partial charge in [-0.1, -0.05) is 18.2 Å².